The molecule has 0 aliphatic rings. The zero-order valence-electron chi connectivity index (χ0n) is 17.2. The van der Waals surface area contributed by atoms with E-state index in [1.807, 2.05) is 47.6 Å². The van der Waals surface area contributed by atoms with Gasteiger partial charge in [-0.25, -0.2) is 17.2 Å². The van der Waals surface area contributed by atoms with E-state index in [9.17, 15) is 12.8 Å². The first kappa shape index (κ1) is 22.3. The minimum absolute atomic E-state index is 0.00809. The van der Waals surface area contributed by atoms with Gasteiger partial charge in [-0.1, -0.05) is 47.6 Å². The van der Waals surface area contributed by atoms with E-state index >= 15 is 0 Å². The maximum atomic E-state index is 15.0. The third-order valence-electron chi connectivity index (χ3n) is 5.81. The van der Waals surface area contributed by atoms with Crippen LogP contribution in [0.5, 0.6) is 0 Å². The third-order valence-corrected chi connectivity index (χ3v) is 15.1. The average Bonchev–Trinajstić information content (AvgIpc) is 3.14. The van der Waals surface area contributed by atoms with Crippen molar-refractivity contribution >= 4 is 18.3 Å². The summed E-state index contributed by atoms with van der Waals surface area (Å²) in [5.74, 6) is -0.483. The van der Waals surface area contributed by atoms with Gasteiger partial charge < -0.3 is 4.98 Å². The van der Waals surface area contributed by atoms with Gasteiger partial charge in [0, 0.05) is 17.4 Å². The number of nitrogens with zero attached hydrogens (tertiary/aromatic N) is 1. The number of hydrogen-bond acceptors (Lipinski definition) is 3. The van der Waals surface area contributed by atoms with Crippen LogP contribution in [0.2, 0.25) is 11.1 Å². The fourth-order valence-electron chi connectivity index (χ4n) is 4.54. The van der Waals surface area contributed by atoms with E-state index in [1.54, 1.807) is 18.3 Å². The molecule has 0 aliphatic heterocycles. The van der Waals surface area contributed by atoms with Gasteiger partial charge in [-0.2, -0.15) is 5.26 Å². The van der Waals surface area contributed by atoms with E-state index in [1.165, 1.54) is 18.3 Å². The Morgan fingerprint density at radius 2 is 1.79 bits per heavy atom. The topological polar surface area (TPSA) is 85.8 Å². The van der Waals surface area contributed by atoms with Gasteiger partial charge in [0.1, 0.15) is 5.82 Å². The van der Waals surface area contributed by atoms with Crippen molar-refractivity contribution in [1.29, 1.82) is 5.26 Å². The highest BCUT2D eigenvalue weighted by Gasteiger charge is 2.56. The Morgan fingerprint density at radius 3 is 2.21 bits per heavy atom. The normalized spacial score (nSPS) is 13.1. The molecule has 5 nitrogen and oxygen atoms in total. The molecule has 1 aromatic carbocycles. The summed E-state index contributed by atoms with van der Waals surface area (Å²) in [4.78, 5) is 2.95. The predicted molar refractivity (Wildman–Crippen MR) is 111 cm³/mol. The molecule has 0 aliphatic carbocycles. The van der Waals surface area contributed by atoms with Gasteiger partial charge >= 0.3 is 0 Å². The highest BCUT2D eigenvalue weighted by Crippen LogP contribution is 2.47. The number of rotatable bonds is 7. The van der Waals surface area contributed by atoms with Crippen LogP contribution < -0.4 is 4.39 Å². The molecule has 0 saturated heterocycles. The van der Waals surface area contributed by atoms with Crippen LogP contribution in [0.3, 0.4) is 0 Å². The molecule has 2 aromatic rings. The molecule has 0 bridgehead atoms. The summed E-state index contributed by atoms with van der Waals surface area (Å²) < 4.78 is 44.3. The number of aromatic nitrogens is 1. The molecule has 2 N–H and O–H groups in total. The van der Waals surface area contributed by atoms with E-state index in [0.29, 0.717) is 5.56 Å². The summed E-state index contributed by atoms with van der Waals surface area (Å²) >= 11 is 0. The Kier molecular flexibility index (Phi) is 6.24. The molecule has 1 heterocycles. The molecule has 0 unspecified atom stereocenters. The van der Waals surface area contributed by atoms with Gasteiger partial charge in [0.15, 0.2) is 8.24 Å². The highest BCUT2D eigenvalue weighted by molar-refractivity contribution is 7.91. The Labute approximate surface area is 168 Å². The van der Waals surface area contributed by atoms with Crippen molar-refractivity contribution in [2.24, 2.45) is 0 Å². The molecule has 2 rings (SSSR count). The Balaban J connectivity index is 2.70. The molecule has 0 spiro atoms. The van der Waals surface area contributed by atoms with Crippen LogP contribution in [0.25, 0.3) is 0 Å². The van der Waals surface area contributed by atoms with Crippen molar-refractivity contribution in [2.75, 3.05) is 0 Å². The van der Waals surface area contributed by atoms with Gasteiger partial charge in [0.05, 0.1) is 16.5 Å². The van der Waals surface area contributed by atoms with Gasteiger partial charge in [0.2, 0.25) is 10.0 Å². The standard InChI is InChI=1S/C20H28FN3O2SSi/c1-14(2)28(15(3)4,24-27(25,26)17-9-10-23-13-17)20(5,6)18-8-7-16(12-22)11-19(18)21/h7-11,13-15,23-24H,1-6H3. The fraction of sp³-hybridized carbons (Fsp3) is 0.450. The summed E-state index contributed by atoms with van der Waals surface area (Å²) in [7, 11) is -6.72. The van der Waals surface area contributed by atoms with Crippen LogP contribution in [0.1, 0.15) is 52.7 Å². The third kappa shape index (κ3) is 3.66. The molecule has 1 aromatic heterocycles. The molecule has 0 amide bonds. The number of H-pyrrole nitrogens is 1. The Morgan fingerprint density at radius 1 is 1.18 bits per heavy atom. The van der Waals surface area contributed by atoms with Gasteiger partial charge in [-0.05, 0) is 34.8 Å². The van der Waals surface area contributed by atoms with Crippen LogP contribution in [0.15, 0.2) is 41.6 Å². The second kappa shape index (κ2) is 7.82. The van der Waals surface area contributed by atoms with Crippen molar-refractivity contribution in [3.8, 4) is 6.07 Å². The maximum Gasteiger partial charge on any atom is 0.236 e. The average molecular weight is 422 g/mol. The number of sulfonamides is 1. The first-order valence-corrected chi connectivity index (χ1v) is 12.9. The monoisotopic (exact) mass is 421 g/mol. The van der Waals surface area contributed by atoms with E-state index in [-0.39, 0.29) is 21.5 Å². The molecule has 8 heteroatoms. The van der Waals surface area contributed by atoms with Gasteiger partial charge in [-0.3, -0.25) is 0 Å². The molecule has 0 saturated carbocycles. The number of halogens is 1. The number of benzene rings is 1. The number of aromatic amines is 1. The zero-order chi connectivity index (χ0) is 21.3. The van der Waals surface area contributed by atoms with E-state index in [4.69, 9.17) is 5.26 Å². The van der Waals surface area contributed by atoms with Crippen LogP contribution in [-0.4, -0.2) is 21.6 Å². The van der Waals surface area contributed by atoms with Crippen LogP contribution in [0, 0.1) is 17.1 Å². The lowest BCUT2D eigenvalue weighted by Crippen LogP contribution is -2.68. The largest absolute Gasteiger partial charge is 0.366 e. The Hall–Kier alpha value is -1.95. The second-order valence-corrected chi connectivity index (χ2v) is 15.9. The summed E-state index contributed by atoms with van der Waals surface area (Å²) in [6, 6.07) is 7.88. The summed E-state index contributed by atoms with van der Waals surface area (Å²) in [5, 5.41) is 8.28. The van der Waals surface area contributed by atoms with Crippen LogP contribution >= 0.6 is 0 Å². The van der Waals surface area contributed by atoms with Crippen molar-refractivity contribution in [3.05, 3.63) is 53.6 Å². The molecule has 0 atom stereocenters. The quantitative estimate of drug-likeness (QED) is 0.641. The van der Waals surface area contributed by atoms with Crippen molar-refractivity contribution < 1.29 is 12.8 Å². The minimum atomic E-state index is -3.78. The van der Waals surface area contributed by atoms with Gasteiger partial charge in [-0.15, -0.1) is 0 Å². The molecule has 0 radical (unpaired) electrons. The molecular formula is C20H28FN3O2SSi. The second-order valence-electron chi connectivity index (χ2n) is 8.26. The predicted octanol–water partition coefficient (Wildman–Crippen LogP) is 4.59. The van der Waals surface area contributed by atoms with E-state index in [0.717, 1.165) is 0 Å². The first-order valence-electron chi connectivity index (χ1n) is 9.27. The summed E-state index contributed by atoms with van der Waals surface area (Å²) in [5.41, 5.74) is 0.654. The molecule has 152 valence electrons. The molecule has 28 heavy (non-hydrogen) atoms. The minimum Gasteiger partial charge on any atom is -0.366 e. The highest BCUT2D eigenvalue weighted by atomic mass is 32.2. The lowest BCUT2D eigenvalue weighted by atomic mass is 10.00. The molecule has 0 fully saturated rings. The lowest BCUT2D eigenvalue weighted by molar-refractivity contribution is 0.549. The van der Waals surface area contributed by atoms with E-state index in [2.05, 4.69) is 9.37 Å². The van der Waals surface area contributed by atoms with Gasteiger partial charge in [0.25, 0.3) is 0 Å². The van der Waals surface area contributed by atoms with E-state index < -0.39 is 29.1 Å². The molecular weight excluding hydrogens is 393 g/mol. The zero-order valence-corrected chi connectivity index (χ0v) is 19.0. The summed E-state index contributed by atoms with van der Waals surface area (Å²) in [6.45, 7) is 11.8. The SMILES string of the molecule is CC(C)[Si](NS(=O)(=O)c1cc[nH]c1)(C(C)C)C(C)(C)c1ccc(C#N)cc1F. The van der Waals surface area contributed by atoms with Crippen molar-refractivity contribution in [3.63, 3.8) is 0 Å². The smallest absolute Gasteiger partial charge is 0.236 e. The van der Waals surface area contributed by atoms with Crippen molar-refractivity contribution in [2.45, 2.75) is 62.6 Å². The van der Waals surface area contributed by atoms with Crippen molar-refractivity contribution in [1.82, 2.24) is 9.37 Å². The summed E-state index contributed by atoms with van der Waals surface area (Å²) in [6.07, 6.45) is 3.01. The van der Waals surface area contributed by atoms with Crippen LogP contribution in [-0.2, 0) is 15.1 Å². The number of hydrogen-bond donors (Lipinski definition) is 2. The maximum absolute atomic E-state index is 15.0. The first-order chi connectivity index (χ1) is 12.9. The lowest BCUT2D eigenvalue weighted by Gasteiger charge is -2.51. The van der Waals surface area contributed by atoms with Crippen LogP contribution in [0.4, 0.5) is 4.39 Å². The fourth-order valence-corrected chi connectivity index (χ4v) is 15.0. The Bertz CT molecular complexity index is 969. The number of nitrogens with one attached hydrogen (secondary N) is 2. The number of nitriles is 1.